The zero-order chi connectivity index (χ0) is 16.7. The largest absolute Gasteiger partial charge is 0.396 e. The second-order valence-corrected chi connectivity index (χ2v) is 5.20. The normalized spacial score (nSPS) is 10.1. The van der Waals surface area contributed by atoms with Crippen LogP contribution in [0.3, 0.4) is 0 Å². The maximum absolute atomic E-state index is 12.2. The van der Waals surface area contributed by atoms with Crippen LogP contribution < -0.4 is 16.4 Å². The molecule has 1 heterocycles. The summed E-state index contributed by atoms with van der Waals surface area (Å²) in [5.74, 6) is -0.236. The summed E-state index contributed by atoms with van der Waals surface area (Å²) in [4.78, 5) is 26.8. The number of carbonyl (C=O) groups excluding carboxylic acids is 2. The molecular formula is C17H20N4O2. The van der Waals surface area contributed by atoms with Crippen LogP contribution in [0.15, 0.2) is 42.7 Å². The summed E-state index contributed by atoms with van der Waals surface area (Å²) in [5.41, 5.74) is 8.41. The highest BCUT2D eigenvalue weighted by Crippen LogP contribution is 2.16. The van der Waals surface area contributed by atoms with E-state index in [0.29, 0.717) is 23.5 Å². The molecule has 0 bridgehead atoms. The van der Waals surface area contributed by atoms with Gasteiger partial charge < -0.3 is 16.4 Å². The molecule has 1 aromatic carbocycles. The number of aromatic nitrogens is 1. The van der Waals surface area contributed by atoms with Gasteiger partial charge in [0, 0.05) is 25.2 Å². The fourth-order valence-electron chi connectivity index (χ4n) is 2.09. The number of benzene rings is 1. The SMILES string of the molecule is CC(=O)NCCCc1ccc(C(=O)Nc2ccncc2N)cc1. The summed E-state index contributed by atoms with van der Waals surface area (Å²) in [7, 11) is 0. The Balaban J connectivity index is 1.90. The van der Waals surface area contributed by atoms with Gasteiger partial charge in [0.05, 0.1) is 17.6 Å². The van der Waals surface area contributed by atoms with E-state index in [1.807, 2.05) is 12.1 Å². The van der Waals surface area contributed by atoms with E-state index >= 15 is 0 Å². The number of aryl methyl sites for hydroxylation is 1. The summed E-state index contributed by atoms with van der Waals surface area (Å²) >= 11 is 0. The molecule has 120 valence electrons. The number of rotatable bonds is 6. The lowest BCUT2D eigenvalue weighted by Crippen LogP contribution is -2.21. The number of nitrogen functional groups attached to an aromatic ring is 1. The van der Waals surface area contributed by atoms with Crippen molar-refractivity contribution in [2.45, 2.75) is 19.8 Å². The van der Waals surface area contributed by atoms with E-state index in [4.69, 9.17) is 5.73 Å². The average Bonchev–Trinajstić information content (AvgIpc) is 2.54. The van der Waals surface area contributed by atoms with Crippen LogP contribution in [0.25, 0.3) is 0 Å². The number of hydrogen-bond acceptors (Lipinski definition) is 4. The van der Waals surface area contributed by atoms with Crippen molar-refractivity contribution in [3.63, 3.8) is 0 Å². The minimum Gasteiger partial charge on any atom is -0.396 e. The van der Waals surface area contributed by atoms with Gasteiger partial charge in [-0.2, -0.15) is 0 Å². The molecule has 1 aromatic heterocycles. The van der Waals surface area contributed by atoms with Crippen LogP contribution in [-0.2, 0) is 11.2 Å². The molecule has 0 radical (unpaired) electrons. The van der Waals surface area contributed by atoms with Crippen LogP contribution in [0.5, 0.6) is 0 Å². The molecule has 0 aliphatic rings. The second-order valence-electron chi connectivity index (χ2n) is 5.20. The standard InChI is InChI=1S/C17H20N4O2/c1-12(22)20-9-2-3-13-4-6-14(7-5-13)17(23)21-16-8-10-19-11-15(16)18/h4-8,10-11H,2-3,9,18H2,1H3,(H,20,22)(H,19,21,23). The van der Waals surface area contributed by atoms with Crippen molar-refractivity contribution in [1.82, 2.24) is 10.3 Å². The molecule has 0 fully saturated rings. The van der Waals surface area contributed by atoms with Gasteiger partial charge in [-0.3, -0.25) is 14.6 Å². The van der Waals surface area contributed by atoms with Gasteiger partial charge in [-0.1, -0.05) is 12.1 Å². The summed E-state index contributed by atoms with van der Waals surface area (Å²) < 4.78 is 0. The van der Waals surface area contributed by atoms with Crippen LogP contribution in [-0.4, -0.2) is 23.3 Å². The second kappa shape index (κ2) is 7.93. The summed E-state index contributed by atoms with van der Waals surface area (Å²) in [6, 6.07) is 9.04. The lowest BCUT2D eigenvalue weighted by atomic mass is 10.1. The van der Waals surface area contributed by atoms with Crippen LogP contribution in [0.1, 0.15) is 29.3 Å². The molecular weight excluding hydrogens is 292 g/mol. The molecule has 0 unspecified atom stereocenters. The maximum Gasteiger partial charge on any atom is 0.255 e. The van der Waals surface area contributed by atoms with Gasteiger partial charge >= 0.3 is 0 Å². The molecule has 2 aromatic rings. The first-order valence-corrected chi connectivity index (χ1v) is 7.40. The highest BCUT2D eigenvalue weighted by atomic mass is 16.2. The fraction of sp³-hybridized carbons (Fsp3) is 0.235. The van der Waals surface area contributed by atoms with E-state index in [1.54, 1.807) is 24.4 Å². The third-order valence-corrected chi connectivity index (χ3v) is 3.33. The Morgan fingerprint density at radius 2 is 1.91 bits per heavy atom. The van der Waals surface area contributed by atoms with E-state index in [0.717, 1.165) is 18.4 Å². The molecule has 0 atom stereocenters. The van der Waals surface area contributed by atoms with Crippen molar-refractivity contribution >= 4 is 23.2 Å². The number of pyridine rings is 1. The highest BCUT2D eigenvalue weighted by molar-refractivity contribution is 6.05. The monoisotopic (exact) mass is 312 g/mol. The van der Waals surface area contributed by atoms with Gasteiger partial charge in [0.15, 0.2) is 0 Å². The number of carbonyl (C=O) groups is 2. The van der Waals surface area contributed by atoms with E-state index in [1.165, 1.54) is 13.1 Å². The molecule has 23 heavy (non-hydrogen) atoms. The molecule has 2 amide bonds. The lowest BCUT2D eigenvalue weighted by molar-refractivity contribution is -0.118. The maximum atomic E-state index is 12.2. The van der Waals surface area contributed by atoms with E-state index in [9.17, 15) is 9.59 Å². The van der Waals surface area contributed by atoms with Crippen molar-refractivity contribution < 1.29 is 9.59 Å². The Bertz CT molecular complexity index is 683. The van der Waals surface area contributed by atoms with Crippen LogP contribution >= 0.6 is 0 Å². The summed E-state index contributed by atoms with van der Waals surface area (Å²) in [6.45, 7) is 2.15. The molecule has 6 nitrogen and oxygen atoms in total. The van der Waals surface area contributed by atoms with E-state index in [-0.39, 0.29) is 11.8 Å². The zero-order valence-electron chi connectivity index (χ0n) is 13.0. The number of anilines is 2. The quantitative estimate of drug-likeness (QED) is 0.711. The van der Waals surface area contributed by atoms with Crippen molar-refractivity contribution in [3.05, 3.63) is 53.9 Å². The highest BCUT2D eigenvalue weighted by Gasteiger charge is 2.08. The number of amides is 2. The lowest BCUT2D eigenvalue weighted by Gasteiger charge is -2.08. The Morgan fingerprint density at radius 1 is 1.17 bits per heavy atom. The van der Waals surface area contributed by atoms with Crippen LogP contribution in [0.4, 0.5) is 11.4 Å². The molecule has 0 aliphatic heterocycles. The molecule has 2 rings (SSSR count). The number of nitrogens with one attached hydrogen (secondary N) is 2. The number of hydrogen-bond donors (Lipinski definition) is 3. The average molecular weight is 312 g/mol. The summed E-state index contributed by atoms with van der Waals surface area (Å²) in [5, 5.41) is 5.52. The first kappa shape index (κ1) is 16.5. The first-order valence-electron chi connectivity index (χ1n) is 7.40. The topological polar surface area (TPSA) is 97.1 Å². The first-order chi connectivity index (χ1) is 11.1. The Morgan fingerprint density at radius 3 is 2.57 bits per heavy atom. The van der Waals surface area contributed by atoms with Gasteiger partial charge in [-0.25, -0.2) is 0 Å². The minimum absolute atomic E-state index is 0.0209. The molecule has 4 N–H and O–H groups in total. The Kier molecular flexibility index (Phi) is 5.68. The van der Waals surface area contributed by atoms with Crippen molar-refractivity contribution in [1.29, 1.82) is 0 Å². The van der Waals surface area contributed by atoms with Crippen molar-refractivity contribution in [2.24, 2.45) is 0 Å². The Hall–Kier alpha value is -2.89. The van der Waals surface area contributed by atoms with Gasteiger partial charge in [0.25, 0.3) is 5.91 Å². The predicted octanol–water partition coefficient (Wildman–Crippen LogP) is 1.98. The van der Waals surface area contributed by atoms with E-state index in [2.05, 4.69) is 15.6 Å². The van der Waals surface area contributed by atoms with Crippen molar-refractivity contribution in [3.8, 4) is 0 Å². The molecule has 0 spiro atoms. The smallest absolute Gasteiger partial charge is 0.255 e. The van der Waals surface area contributed by atoms with Crippen LogP contribution in [0.2, 0.25) is 0 Å². The molecule has 0 saturated carbocycles. The van der Waals surface area contributed by atoms with Gasteiger partial charge in [-0.05, 0) is 36.6 Å². The Labute approximate surface area is 135 Å². The molecule has 0 saturated heterocycles. The van der Waals surface area contributed by atoms with E-state index < -0.39 is 0 Å². The van der Waals surface area contributed by atoms with Gasteiger partial charge in [0.2, 0.25) is 5.91 Å². The number of nitrogens with zero attached hydrogens (tertiary/aromatic N) is 1. The predicted molar refractivity (Wildman–Crippen MR) is 90.0 cm³/mol. The van der Waals surface area contributed by atoms with Crippen molar-refractivity contribution in [2.75, 3.05) is 17.6 Å². The zero-order valence-corrected chi connectivity index (χ0v) is 13.0. The third kappa shape index (κ3) is 5.10. The number of nitrogens with two attached hydrogens (primary N) is 1. The van der Waals surface area contributed by atoms with Gasteiger partial charge in [-0.15, -0.1) is 0 Å². The minimum atomic E-state index is -0.215. The van der Waals surface area contributed by atoms with Crippen LogP contribution in [0, 0.1) is 0 Å². The molecule has 0 aliphatic carbocycles. The molecule has 6 heteroatoms. The summed E-state index contributed by atoms with van der Waals surface area (Å²) in [6.07, 6.45) is 4.77. The van der Waals surface area contributed by atoms with Gasteiger partial charge in [0.1, 0.15) is 0 Å². The third-order valence-electron chi connectivity index (χ3n) is 3.33. The fourth-order valence-corrected chi connectivity index (χ4v) is 2.09.